The van der Waals surface area contributed by atoms with E-state index in [1.807, 2.05) is 9.80 Å². The predicted octanol–water partition coefficient (Wildman–Crippen LogP) is 1.08. The molecule has 0 spiro atoms. The van der Waals surface area contributed by atoms with Crippen LogP contribution in [0.4, 0.5) is 0 Å². The fraction of sp³-hybridized carbons (Fsp3) is 0.857. The summed E-state index contributed by atoms with van der Waals surface area (Å²) in [6.45, 7) is 6.08. The van der Waals surface area contributed by atoms with E-state index in [1.54, 1.807) is 11.8 Å². The van der Waals surface area contributed by atoms with E-state index in [9.17, 15) is 9.59 Å². The molecule has 3 fully saturated rings. The minimum atomic E-state index is -0.268. The lowest BCUT2D eigenvalue weighted by Gasteiger charge is -2.37. The smallest absolute Gasteiger partial charge is 0.246 e. The average Bonchev–Trinajstić information content (AvgIpc) is 2.95. The molecular weight excluding hydrogens is 276 g/mol. The van der Waals surface area contributed by atoms with Gasteiger partial charge in [0, 0.05) is 25.3 Å². The van der Waals surface area contributed by atoms with Crippen LogP contribution in [0.2, 0.25) is 0 Å². The van der Waals surface area contributed by atoms with E-state index in [1.165, 1.54) is 0 Å². The summed E-state index contributed by atoms with van der Waals surface area (Å²) in [7, 11) is 0. The normalized spacial score (nSPS) is 37.4. The van der Waals surface area contributed by atoms with Gasteiger partial charge in [-0.2, -0.15) is 0 Å². The van der Waals surface area contributed by atoms with Gasteiger partial charge in [-0.3, -0.25) is 9.59 Å². The molecule has 0 unspecified atom stereocenters. The van der Waals surface area contributed by atoms with Crippen LogP contribution in [0, 0.1) is 0 Å². The zero-order valence-electron chi connectivity index (χ0n) is 12.1. The quantitative estimate of drug-likeness (QED) is 0.765. The lowest BCUT2D eigenvalue weighted by molar-refractivity contribution is -0.148. The molecule has 6 heteroatoms. The fourth-order valence-corrected chi connectivity index (χ4v) is 4.80. The van der Waals surface area contributed by atoms with E-state index in [0.717, 1.165) is 18.6 Å². The molecule has 0 aromatic rings. The third-order valence-corrected chi connectivity index (χ3v) is 6.14. The predicted molar refractivity (Wildman–Crippen MR) is 77.3 cm³/mol. The van der Waals surface area contributed by atoms with Crippen LogP contribution in [0.1, 0.15) is 33.1 Å². The molecule has 0 aromatic carbocycles. The van der Waals surface area contributed by atoms with Gasteiger partial charge in [-0.1, -0.05) is 6.92 Å². The Morgan fingerprint density at radius 2 is 2.35 bits per heavy atom. The summed E-state index contributed by atoms with van der Waals surface area (Å²) >= 11 is 1.75. The highest BCUT2D eigenvalue weighted by Crippen LogP contribution is 2.47. The highest BCUT2D eigenvalue weighted by Gasteiger charge is 2.53. The third kappa shape index (κ3) is 2.22. The van der Waals surface area contributed by atoms with Crippen molar-refractivity contribution in [1.29, 1.82) is 0 Å². The van der Waals surface area contributed by atoms with Crippen molar-refractivity contribution in [2.45, 2.75) is 50.1 Å². The molecule has 3 aliphatic rings. The van der Waals surface area contributed by atoms with Crippen LogP contribution in [0.3, 0.4) is 0 Å². The number of thioether (sulfide) groups is 1. The molecule has 112 valence electrons. The van der Waals surface area contributed by atoms with Gasteiger partial charge in [0.25, 0.3) is 0 Å². The number of morpholine rings is 1. The van der Waals surface area contributed by atoms with Crippen molar-refractivity contribution in [3.63, 3.8) is 0 Å². The summed E-state index contributed by atoms with van der Waals surface area (Å²) in [5.74, 6) is 0.976. The summed E-state index contributed by atoms with van der Waals surface area (Å²) in [4.78, 5) is 28.4. The molecule has 3 atom stereocenters. The van der Waals surface area contributed by atoms with Crippen LogP contribution in [0.5, 0.6) is 0 Å². The maximum atomic E-state index is 12.8. The fourth-order valence-electron chi connectivity index (χ4n) is 3.38. The second-order valence-corrected chi connectivity index (χ2v) is 7.45. The first-order valence-electron chi connectivity index (χ1n) is 7.41. The molecule has 3 aliphatic heterocycles. The van der Waals surface area contributed by atoms with Crippen LogP contribution in [0.15, 0.2) is 0 Å². The number of rotatable bonds is 2. The number of carbonyl (C=O) groups excluding carboxylic acids is 2. The van der Waals surface area contributed by atoms with Crippen LogP contribution in [-0.2, 0) is 14.3 Å². The van der Waals surface area contributed by atoms with Gasteiger partial charge >= 0.3 is 0 Å². The van der Waals surface area contributed by atoms with Gasteiger partial charge in [0.05, 0.1) is 17.6 Å². The Morgan fingerprint density at radius 3 is 3.10 bits per heavy atom. The number of hydrogen-bond acceptors (Lipinski definition) is 4. The van der Waals surface area contributed by atoms with E-state index >= 15 is 0 Å². The van der Waals surface area contributed by atoms with Gasteiger partial charge in [0.2, 0.25) is 11.8 Å². The second kappa shape index (κ2) is 5.22. The van der Waals surface area contributed by atoms with Gasteiger partial charge in [-0.15, -0.1) is 11.8 Å². The van der Waals surface area contributed by atoms with E-state index in [2.05, 4.69) is 13.8 Å². The standard InChI is InChI=1S/C14H22N2O3S/c1-3-10-8-15(6-7-19-10)13(18)11-9-20-14(2)5-4-12(17)16(11)14/h10-11H,3-9H2,1-2H3/t10-,11+,14-/m1/s1. The lowest BCUT2D eigenvalue weighted by atomic mass is 10.1. The molecular formula is C14H22N2O3S. The molecule has 0 aliphatic carbocycles. The molecule has 2 amide bonds. The van der Waals surface area contributed by atoms with Gasteiger partial charge in [-0.25, -0.2) is 0 Å². The minimum absolute atomic E-state index is 0.109. The van der Waals surface area contributed by atoms with E-state index in [0.29, 0.717) is 26.1 Å². The summed E-state index contributed by atoms with van der Waals surface area (Å²) < 4.78 is 5.62. The lowest BCUT2D eigenvalue weighted by Crippen LogP contribution is -2.55. The summed E-state index contributed by atoms with van der Waals surface area (Å²) in [5.41, 5.74) is 0. The topological polar surface area (TPSA) is 49.9 Å². The first-order valence-corrected chi connectivity index (χ1v) is 8.40. The zero-order valence-corrected chi connectivity index (χ0v) is 12.9. The molecule has 5 nitrogen and oxygen atoms in total. The Labute approximate surface area is 124 Å². The Balaban J connectivity index is 1.73. The molecule has 0 aromatic heterocycles. The van der Waals surface area contributed by atoms with Gasteiger partial charge < -0.3 is 14.5 Å². The summed E-state index contributed by atoms with van der Waals surface area (Å²) in [6, 6.07) is -0.268. The summed E-state index contributed by atoms with van der Waals surface area (Å²) in [6.07, 6.45) is 2.50. The maximum Gasteiger partial charge on any atom is 0.246 e. The van der Waals surface area contributed by atoms with E-state index < -0.39 is 0 Å². The van der Waals surface area contributed by atoms with Crippen LogP contribution in [0.25, 0.3) is 0 Å². The first kappa shape index (κ1) is 14.2. The molecule has 3 rings (SSSR count). The molecule has 0 bridgehead atoms. The van der Waals surface area contributed by atoms with Gasteiger partial charge in [0.15, 0.2) is 0 Å². The van der Waals surface area contributed by atoms with E-state index in [4.69, 9.17) is 4.74 Å². The van der Waals surface area contributed by atoms with Gasteiger partial charge in [0.1, 0.15) is 6.04 Å². The van der Waals surface area contributed by atoms with Crippen LogP contribution in [-0.4, -0.2) is 64.1 Å². The summed E-state index contributed by atoms with van der Waals surface area (Å²) in [5, 5.41) is 0. The molecule has 3 heterocycles. The molecule has 0 N–H and O–H groups in total. The Bertz CT molecular complexity index is 431. The van der Waals surface area contributed by atoms with Crippen molar-refractivity contribution in [1.82, 2.24) is 9.80 Å². The highest BCUT2D eigenvalue weighted by atomic mass is 32.2. The number of hydrogen-bond donors (Lipinski definition) is 0. The SMILES string of the molecule is CC[C@@H]1CN(C(=O)[C@@H]2CS[C@]3(C)CCC(=O)N23)CCO1. The first-order chi connectivity index (χ1) is 9.55. The maximum absolute atomic E-state index is 12.8. The molecule has 3 saturated heterocycles. The average molecular weight is 298 g/mol. The van der Waals surface area contributed by atoms with Crippen LogP contribution >= 0.6 is 11.8 Å². The van der Waals surface area contributed by atoms with Crippen molar-refractivity contribution in [3.05, 3.63) is 0 Å². The van der Waals surface area contributed by atoms with Crippen LogP contribution < -0.4 is 0 Å². The second-order valence-electron chi connectivity index (χ2n) is 5.95. The number of ether oxygens (including phenoxy) is 1. The molecule has 20 heavy (non-hydrogen) atoms. The largest absolute Gasteiger partial charge is 0.375 e. The minimum Gasteiger partial charge on any atom is -0.375 e. The number of carbonyl (C=O) groups is 2. The Hall–Kier alpha value is -0.750. The van der Waals surface area contributed by atoms with Crippen molar-refractivity contribution in [3.8, 4) is 0 Å². The van der Waals surface area contributed by atoms with Crippen molar-refractivity contribution in [2.75, 3.05) is 25.4 Å². The number of nitrogens with zero attached hydrogens (tertiary/aromatic N) is 2. The zero-order chi connectivity index (χ0) is 14.3. The molecule has 0 radical (unpaired) electrons. The van der Waals surface area contributed by atoms with Crippen molar-refractivity contribution >= 4 is 23.6 Å². The van der Waals surface area contributed by atoms with Gasteiger partial charge in [-0.05, 0) is 19.8 Å². The van der Waals surface area contributed by atoms with E-state index in [-0.39, 0.29) is 28.8 Å². The Morgan fingerprint density at radius 1 is 1.55 bits per heavy atom. The van der Waals surface area contributed by atoms with Crippen molar-refractivity contribution < 1.29 is 14.3 Å². The third-order valence-electron chi connectivity index (χ3n) is 4.64. The Kier molecular flexibility index (Phi) is 3.71. The monoisotopic (exact) mass is 298 g/mol. The number of fused-ring (bicyclic) bond motifs is 1. The number of amides is 2. The highest BCUT2D eigenvalue weighted by molar-refractivity contribution is 8.01. The molecule has 0 saturated carbocycles. The van der Waals surface area contributed by atoms with Crippen molar-refractivity contribution in [2.24, 2.45) is 0 Å².